The van der Waals surface area contributed by atoms with E-state index in [1.807, 2.05) is 52.8 Å². The van der Waals surface area contributed by atoms with E-state index >= 15 is 0 Å². The Labute approximate surface area is 160 Å². The minimum atomic E-state index is -0.368. The lowest BCUT2D eigenvalue weighted by Gasteiger charge is -2.13. The molecule has 0 spiro atoms. The van der Waals surface area contributed by atoms with Gasteiger partial charge in [-0.1, -0.05) is 23.9 Å². The maximum atomic E-state index is 12.5. The Balaban J connectivity index is 1.68. The van der Waals surface area contributed by atoms with Crippen LogP contribution >= 0.6 is 23.1 Å². The summed E-state index contributed by atoms with van der Waals surface area (Å²) >= 11 is 2.76. The van der Waals surface area contributed by atoms with Crippen molar-refractivity contribution in [2.24, 2.45) is 0 Å². The molecule has 0 saturated carbocycles. The number of nitrogens with zero attached hydrogens (tertiary/aromatic N) is 3. The second-order valence-electron chi connectivity index (χ2n) is 6.02. The third-order valence-corrected chi connectivity index (χ3v) is 6.01. The molecule has 2 heterocycles. The summed E-state index contributed by atoms with van der Waals surface area (Å²) in [4.78, 5) is 17.7. The Morgan fingerprint density at radius 3 is 2.69 bits per heavy atom. The molecule has 6 nitrogen and oxygen atoms in total. The molecule has 3 aromatic rings. The number of rotatable bonds is 5. The summed E-state index contributed by atoms with van der Waals surface area (Å²) in [5.74, 6) is 0.339. The van der Waals surface area contributed by atoms with Crippen molar-refractivity contribution in [3.05, 3.63) is 40.0 Å². The molecule has 1 amide bonds. The van der Waals surface area contributed by atoms with E-state index in [0.717, 1.165) is 32.4 Å². The molecule has 26 heavy (non-hydrogen) atoms. The molecule has 0 radical (unpaired) electrons. The first-order chi connectivity index (χ1) is 12.3. The zero-order valence-electron chi connectivity index (χ0n) is 15.3. The molecule has 1 N–H and O–H groups in total. The fraction of sp³-hybridized carbons (Fsp3) is 0.333. The van der Waals surface area contributed by atoms with Crippen molar-refractivity contribution in [1.29, 1.82) is 0 Å². The number of nitrogens with one attached hydrogen (secondary N) is 1. The van der Waals surface area contributed by atoms with E-state index in [4.69, 9.17) is 4.42 Å². The fourth-order valence-corrected chi connectivity index (χ4v) is 3.93. The van der Waals surface area contributed by atoms with Crippen LogP contribution in [0, 0.1) is 27.7 Å². The molecule has 0 fully saturated rings. The number of anilines is 1. The van der Waals surface area contributed by atoms with Crippen LogP contribution in [0.1, 0.15) is 28.8 Å². The zero-order valence-corrected chi connectivity index (χ0v) is 16.9. The summed E-state index contributed by atoms with van der Waals surface area (Å²) in [6, 6.07) is 5.85. The van der Waals surface area contributed by atoms with Crippen molar-refractivity contribution < 1.29 is 9.21 Å². The van der Waals surface area contributed by atoms with Gasteiger partial charge in [0.2, 0.25) is 5.91 Å². The van der Waals surface area contributed by atoms with Crippen LogP contribution in [0.3, 0.4) is 0 Å². The van der Waals surface area contributed by atoms with Crippen LogP contribution in [0.4, 0.5) is 5.69 Å². The number of aromatic nitrogens is 3. The van der Waals surface area contributed by atoms with Crippen LogP contribution in [-0.2, 0) is 4.79 Å². The van der Waals surface area contributed by atoms with Crippen molar-refractivity contribution >= 4 is 34.7 Å². The Hall–Kier alpha value is -2.19. The molecule has 1 unspecified atom stereocenters. The highest BCUT2D eigenvalue weighted by atomic mass is 32.2. The maximum Gasteiger partial charge on any atom is 0.277 e. The first-order valence-corrected chi connectivity index (χ1v) is 9.86. The van der Waals surface area contributed by atoms with Gasteiger partial charge < -0.3 is 9.73 Å². The van der Waals surface area contributed by atoms with E-state index in [1.54, 1.807) is 0 Å². The highest BCUT2D eigenvalue weighted by molar-refractivity contribution is 8.00. The molecule has 1 atom stereocenters. The van der Waals surface area contributed by atoms with Gasteiger partial charge in [0.05, 0.1) is 16.0 Å². The first kappa shape index (κ1) is 18.6. The predicted octanol–water partition coefficient (Wildman–Crippen LogP) is 4.55. The Bertz CT molecular complexity index is 949. The lowest BCUT2D eigenvalue weighted by molar-refractivity contribution is -0.115. The van der Waals surface area contributed by atoms with Crippen molar-refractivity contribution in [3.8, 4) is 10.8 Å². The lowest BCUT2D eigenvalue weighted by atomic mass is 10.1. The smallest absolute Gasteiger partial charge is 0.277 e. The van der Waals surface area contributed by atoms with Crippen molar-refractivity contribution in [1.82, 2.24) is 15.2 Å². The second-order valence-corrected chi connectivity index (χ2v) is 8.51. The fourth-order valence-electron chi connectivity index (χ4n) is 2.40. The van der Waals surface area contributed by atoms with Crippen LogP contribution in [0.15, 0.2) is 27.8 Å². The van der Waals surface area contributed by atoms with Gasteiger partial charge in [-0.15, -0.1) is 21.5 Å². The van der Waals surface area contributed by atoms with Gasteiger partial charge >= 0.3 is 0 Å². The molecule has 2 aromatic heterocycles. The maximum absolute atomic E-state index is 12.5. The number of thioether (sulfide) groups is 1. The van der Waals surface area contributed by atoms with Crippen LogP contribution in [0.5, 0.6) is 0 Å². The molecule has 3 rings (SSSR count). The predicted molar refractivity (Wildman–Crippen MR) is 105 cm³/mol. The second kappa shape index (κ2) is 7.59. The summed E-state index contributed by atoms with van der Waals surface area (Å²) in [6.07, 6.45) is 0. The summed E-state index contributed by atoms with van der Waals surface area (Å²) in [6.45, 7) is 9.68. The van der Waals surface area contributed by atoms with E-state index in [9.17, 15) is 4.79 Å². The highest BCUT2D eigenvalue weighted by Gasteiger charge is 2.21. The van der Waals surface area contributed by atoms with Gasteiger partial charge in [-0.05, 0) is 51.8 Å². The highest BCUT2D eigenvalue weighted by Crippen LogP contribution is 2.32. The normalized spacial score (nSPS) is 12.2. The SMILES string of the molecule is Cc1nc(C)c(-c2nnc(SC(C)C(=O)Nc3cccc(C)c3C)o2)s1. The number of carbonyl (C=O) groups is 1. The van der Waals surface area contributed by atoms with E-state index in [2.05, 4.69) is 20.5 Å². The Morgan fingerprint density at radius 2 is 2.00 bits per heavy atom. The zero-order chi connectivity index (χ0) is 18.8. The number of thiazole rings is 1. The number of amides is 1. The molecule has 0 bridgehead atoms. The van der Waals surface area contributed by atoms with Gasteiger partial charge in [-0.2, -0.15) is 0 Å². The standard InChI is InChI=1S/C18H20N4O2S2/c1-9-7-6-8-14(10(9)2)20-16(23)12(4)25-18-22-21-17(24-18)15-11(3)19-13(5)26-15/h6-8,12H,1-5H3,(H,20,23). The minimum absolute atomic E-state index is 0.103. The monoisotopic (exact) mass is 388 g/mol. The van der Waals surface area contributed by atoms with E-state index in [0.29, 0.717) is 11.1 Å². The summed E-state index contributed by atoms with van der Waals surface area (Å²) in [7, 11) is 0. The number of benzene rings is 1. The molecule has 0 aliphatic heterocycles. The quantitative estimate of drug-likeness (QED) is 0.646. The van der Waals surface area contributed by atoms with Crippen molar-refractivity contribution in [2.45, 2.75) is 45.1 Å². The number of carbonyl (C=O) groups excluding carboxylic acids is 1. The van der Waals surface area contributed by atoms with E-state index in [1.165, 1.54) is 23.1 Å². The molecular weight excluding hydrogens is 368 g/mol. The number of hydrogen-bond donors (Lipinski definition) is 1. The van der Waals surface area contributed by atoms with E-state index < -0.39 is 0 Å². The third kappa shape index (κ3) is 3.96. The summed E-state index contributed by atoms with van der Waals surface area (Å²) in [5, 5.41) is 12.0. The Morgan fingerprint density at radius 1 is 1.23 bits per heavy atom. The number of aryl methyl sites for hydroxylation is 3. The topological polar surface area (TPSA) is 80.9 Å². The van der Waals surface area contributed by atoms with Crippen molar-refractivity contribution in [2.75, 3.05) is 5.32 Å². The first-order valence-electron chi connectivity index (χ1n) is 8.16. The average molecular weight is 389 g/mol. The van der Waals surface area contributed by atoms with Crippen LogP contribution < -0.4 is 5.32 Å². The third-order valence-electron chi connectivity index (χ3n) is 4.01. The van der Waals surface area contributed by atoms with Crippen LogP contribution in [0.25, 0.3) is 10.8 Å². The average Bonchev–Trinajstić information content (AvgIpc) is 3.17. The van der Waals surface area contributed by atoms with Gasteiger partial charge in [0.25, 0.3) is 11.1 Å². The molecule has 8 heteroatoms. The van der Waals surface area contributed by atoms with E-state index in [-0.39, 0.29) is 11.2 Å². The largest absolute Gasteiger partial charge is 0.410 e. The van der Waals surface area contributed by atoms with Gasteiger partial charge in [0, 0.05) is 5.69 Å². The number of hydrogen-bond acceptors (Lipinski definition) is 7. The minimum Gasteiger partial charge on any atom is -0.410 e. The lowest BCUT2D eigenvalue weighted by Crippen LogP contribution is -2.23. The van der Waals surface area contributed by atoms with Crippen molar-refractivity contribution in [3.63, 3.8) is 0 Å². The Kier molecular flexibility index (Phi) is 5.43. The van der Waals surface area contributed by atoms with Crippen LogP contribution in [-0.4, -0.2) is 26.3 Å². The molecular formula is C18H20N4O2S2. The summed E-state index contributed by atoms with van der Waals surface area (Å²) < 4.78 is 5.71. The van der Waals surface area contributed by atoms with Crippen LogP contribution in [0.2, 0.25) is 0 Å². The van der Waals surface area contributed by atoms with Gasteiger partial charge in [0.15, 0.2) is 0 Å². The summed E-state index contributed by atoms with van der Waals surface area (Å²) in [5.41, 5.74) is 3.90. The molecule has 0 saturated heterocycles. The molecule has 1 aromatic carbocycles. The van der Waals surface area contributed by atoms with Gasteiger partial charge in [0.1, 0.15) is 4.88 Å². The van der Waals surface area contributed by atoms with Gasteiger partial charge in [-0.3, -0.25) is 4.79 Å². The molecule has 0 aliphatic carbocycles. The molecule has 0 aliphatic rings. The molecule has 136 valence electrons. The van der Waals surface area contributed by atoms with Gasteiger partial charge in [-0.25, -0.2) is 4.98 Å².